The highest BCUT2D eigenvalue weighted by molar-refractivity contribution is 6.07. The second-order valence-corrected chi connectivity index (χ2v) is 8.83. The molecule has 1 aliphatic carbocycles. The Balaban J connectivity index is 1.45. The largest absolute Gasteiger partial charge is 0.492 e. The van der Waals surface area contributed by atoms with E-state index in [1.807, 2.05) is 19.1 Å². The van der Waals surface area contributed by atoms with Crippen LogP contribution in [0.2, 0.25) is 0 Å². The van der Waals surface area contributed by atoms with Gasteiger partial charge < -0.3 is 20.9 Å². The number of nitrogens with one attached hydrogen (secondary N) is 1. The molecule has 2 aromatic heterocycles. The maximum absolute atomic E-state index is 12.4. The van der Waals surface area contributed by atoms with Crippen LogP contribution in [-0.2, 0) is 6.42 Å². The minimum absolute atomic E-state index is 0.0241. The monoisotopic (exact) mass is 462 g/mol. The average Bonchev–Trinajstić information content (AvgIpc) is 2.83. The Morgan fingerprint density at radius 2 is 1.85 bits per heavy atom. The summed E-state index contributed by atoms with van der Waals surface area (Å²) in [6.07, 6.45) is 7.59. The number of ether oxygens (including phenoxy) is 1. The van der Waals surface area contributed by atoms with Crippen molar-refractivity contribution in [2.75, 3.05) is 12.3 Å². The predicted octanol–water partition coefficient (Wildman–Crippen LogP) is 4.15. The van der Waals surface area contributed by atoms with Crippen molar-refractivity contribution in [3.05, 3.63) is 59.0 Å². The third-order valence-corrected chi connectivity index (χ3v) is 6.59. The van der Waals surface area contributed by atoms with Crippen molar-refractivity contribution < 1.29 is 19.4 Å². The van der Waals surface area contributed by atoms with Gasteiger partial charge in [-0.2, -0.15) is 0 Å². The lowest BCUT2D eigenvalue weighted by atomic mass is 9.86. The van der Waals surface area contributed by atoms with Gasteiger partial charge in [-0.25, -0.2) is 4.79 Å². The number of hydrogen-bond acceptors (Lipinski definition) is 6. The first-order valence-electron chi connectivity index (χ1n) is 11.7. The van der Waals surface area contributed by atoms with Crippen LogP contribution >= 0.6 is 0 Å². The number of fused-ring (bicyclic) bond motifs is 1. The molecule has 1 amide bonds. The Morgan fingerprint density at radius 3 is 2.50 bits per heavy atom. The van der Waals surface area contributed by atoms with Crippen molar-refractivity contribution in [2.24, 2.45) is 5.92 Å². The van der Waals surface area contributed by atoms with Gasteiger partial charge in [0, 0.05) is 24.0 Å². The van der Waals surface area contributed by atoms with Crippen LogP contribution in [0.1, 0.15) is 64.6 Å². The summed E-state index contributed by atoms with van der Waals surface area (Å²) in [6.45, 7) is 4.19. The number of nitrogens with two attached hydrogens (primary N) is 1. The molecule has 2 heterocycles. The number of carboxylic acids is 1. The van der Waals surface area contributed by atoms with E-state index in [9.17, 15) is 14.7 Å². The number of carbonyl (C=O) groups excluding carboxylic acids is 1. The van der Waals surface area contributed by atoms with Crippen molar-refractivity contribution in [1.29, 1.82) is 0 Å². The Labute approximate surface area is 198 Å². The maximum Gasteiger partial charge on any atom is 0.339 e. The number of carbonyl (C=O) groups is 2. The van der Waals surface area contributed by atoms with E-state index >= 15 is 0 Å². The average molecular weight is 463 g/mol. The molecule has 34 heavy (non-hydrogen) atoms. The minimum atomic E-state index is -1.09. The molecular formula is C26H30N4O4. The van der Waals surface area contributed by atoms with Crippen molar-refractivity contribution in [3.8, 4) is 5.75 Å². The fraction of sp³-hybridized carbons (Fsp3) is 0.385. The van der Waals surface area contributed by atoms with E-state index in [4.69, 9.17) is 10.5 Å². The van der Waals surface area contributed by atoms with E-state index in [2.05, 4.69) is 15.3 Å². The first kappa shape index (κ1) is 23.5. The highest BCUT2D eigenvalue weighted by atomic mass is 16.5. The first-order valence-corrected chi connectivity index (χ1v) is 11.7. The van der Waals surface area contributed by atoms with Gasteiger partial charge in [-0.1, -0.05) is 13.0 Å². The normalized spacial score (nSPS) is 17.9. The second kappa shape index (κ2) is 10.1. The van der Waals surface area contributed by atoms with E-state index in [1.54, 1.807) is 31.5 Å². The molecule has 3 aromatic rings. The topological polar surface area (TPSA) is 127 Å². The molecule has 8 heteroatoms. The number of nitrogen functional groups attached to an aromatic ring is 1. The molecule has 0 aliphatic heterocycles. The first-order chi connectivity index (χ1) is 16.4. The summed E-state index contributed by atoms with van der Waals surface area (Å²) in [7, 11) is 0. The van der Waals surface area contributed by atoms with Crippen LogP contribution in [-0.4, -0.2) is 39.6 Å². The van der Waals surface area contributed by atoms with Crippen LogP contribution in [0.25, 0.3) is 10.9 Å². The number of amides is 1. The number of hydrogen-bond donors (Lipinski definition) is 3. The van der Waals surface area contributed by atoms with Crippen molar-refractivity contribution >= 4 is 28.5 Å². The zero-order valence-electron chi connectivity index (χ0n) is 19.5. The highest BCUT2D eigenvalue weighted by Crippen LogP contribution is 2.37. The van der Waals surface area contributed by atoms with Crippen LogP contribution in [0.3, 0.4) is 0 Å². The van der Waals surface area contributed by atoms with Crippen molar-refractivity contribution in [2.45, 2.75) is 52.0 Å². The number of aryl methyl sites for hydroxylation is 2. The van der Waals surface area contributed by atoms with Crippen LogP contribution in [0.5, 0.6) is 5.75 Å². The van der Waals surface area contributed by atoms with Gasteiger partial charge in [0.25, 0.3) is 5.91 Å². The van der Waals surface area contributed by atoms with Crippen LogP contribution in [0.4, 0.5) is 5.69 Å². The van der Waals surface area contributed by atoms with Gasteiger partial charge in [-0.05, 0) is 68.7 Å². The van der Waals surface area contributed by atoms with E-state index in [0.29, 0.717) is 40.4 Å². The van der Waals surface area contributed by atoms with Gasteiger partial charge in [0.05, 0.1) is 28.9 Å². The zero-order chi connectivity index (χ0) is 24.2. The number of carboxylic acid groups (broad SMARTS) is 1. The fourth-order valence-corrected chi connectivity index (χ4v) is 4.69. The quantitative estimate of drug-likeness (QED) is 0.481. The summed E-state index contributed by atoms with van der Waals surface area (Å²) in [5, 5.41) is 13.3. The Kier molecular flexibility index (Phi) is 6.95. The van der Waals surface area contributed by atoms with Crippen LogP contribution < -0.4 is 15.8 Å². The highest BCUT2D eigenvalue weighted by Gasteiger charge is 2.25. The molecular weight excluding hydrogens is 432 g/mol. The molecule has 8 nitrogen and oxygen atoms in total. The van der Waals surface area contributed by atoms with Crippen molar-refractivity contribution in [3.63, 3.8) is 0 Å². The molecule has 0 saturated heterocycles. The van der Waals surface area contributed by atoms with E-state index in [1.165, 1.54) is 0 Å². The standard InChI is InChI=1S/C26H30N4O4/c1-3-17-6-9-20-22(23(27)21(26(32)33)15(2)29-20)24(17)34-14-16-4-7-19(8-5-16)30-25(31)18-10-12-28-13-11-18/h6,9-13,16,19H,3-5,7-8,14H2,1-2H3,(H2,27,29)(H,30,31)(H,32,33). The molecule has 1 aliphatic rings. The summed E-state index contributed by atoms with van der Waals surface area (Å²) in [5.41, 5.74) is 9.15. The summed E-state index contributed by atoms with van der Waals surface area (Å²) in [4.78, 5) is 32.6. The molecule has 1 aromatic carbocycles. The lowest BCUT2D eigenvalue weighted by molar-refractivity contribution is 0.0696. The smallest absolute Gasteiger partial charge is 0.339 e. The molecule has 0 bridgehead atoms. The Bertz CT molecular complexity index is 1200. The number of nitrogens with zero attached hydrogens (tertiary/aromatic N) is 2. The summed E-state index contributed by atoms with van der Waals surface area (Å²) < 4.78 is 6.31. The molecule has 0 atom stereocenters. The number of aromatic carboxylic acids is 1. The third kappa shape index (κ3) is 4.81. The molecule has 0 spiro atoms. The molecule has 1 fully saturated rings. The molecule has 4 N–H and O–H groups in total. The number of anilines is 1. The Hall–Kier alpha value is -3.68. The maximum atomic E-state index is 12.4. The number of pyridine rings is 2. The summed E-state index contributed by atoms with van der Waals surface area (Å²) in [5.74, 6) is -0.199. The molecule has 0 unspecified atom stereocenters. The summed E-state index contributed by atoms with van der Waals surface area (Å²) >= 11 is 0. The molecule has 0 radical (unpaired) electrons. The van der Waals surface area contributed by atoms with Gasteiger partial charge in [0.1, 0.15) is 11.3 Å². The fourth-order valence-electron chi connectivity index (χ4n) is 4.69. The van der Waals surface area contributed by atoms with Crippen LogP contribution in [0, 0.1) is 12.8 Å². The van der Waals surface area contributed by atoms with E-state index < -0.39 is 5.97 Å². The second-order valence-electron chi connectivity index (χ2n) is 8.83. The third-order valence-electron chi connectivity index (χ3n) is 6.59. The number of benzene rings is 1. The lowest BCUT2D eigenvalue weighted by Gasteiger charge is -2.29. The number of rotatable bonds is 7. The zero-order valence-corrected chi connectivity index (χ0v) is 19.5. The minimum Gasteiger partial charge on any atom is -0.492 e. The van der Waals surface area contributed by atoms with Gasteiger partial charge >= 0.3 is 5.97 Å². The lowest BCUT2D eigenvalue weighted by Crippen LogP contribution is -2.38. The molecule has 178 valence electrons. The Morgan fingerprint density at radius 1 is 1.15 bits per heavy atom. The summed E-state index contributed by atoms with van der Waals surface area (Å²) in [6, 6.07) is 7.40. The predicted molar refractivity (Wildman–Crippen MR) is 130 cm³/mol. The van der Waals surface area contributed by atoms with Crippen molar-refractivity contribution in [1.82, 2.24) is 15.3 Å². The van der Waals surface area contributed by atoms with E-state index in [-0.39, 0.29) is 23.2 Å². The van der Waals surface area contributed by atoms with Crippen LogP contribution in [0.15, 0.2) is 36.7 Å². The van der Waals surface area contributed by atoms with Gasteiger partial charge in [0.2, 0.25) is 0 Å². The number of aromatic nitrogens is 2. The molecule has 4 rings (SSSR count). The van der Waals surface area contributed by atoms with E-state index in [0.717, 1.165) is 37.7 Å². The SMILES string of the molecule is CCc1ccc2nc(C)c(C(=O)O)c(N)c2c1OCC1CCC(NC(=O)c2ccncc2)CC1. The van der Waals surface area contributed by atoms with Gasteiger partial charge in [-0.15, -0.1) is 0 Å². The van der Waals surface area contributed by atoms with Gasteiger partial charge in [0.15, 0.2) is 0 Å². The van der Waals surface area contributed by atoms with Gasteiger partial charge in [-0.3, -0.25) is 14.8 Å². The molecule has 1 saturated carbocycles.